The summed E-state index contributed by atoms with van der Waals surface area (Å²) >= 11 is 0. The Kier molecular flexibility index (Phi) is 7.09. The van der Waals surface area contributed by atoms with Gasteiger partial charge in [-0.15, -0.1) is 0 Å². The molecule has 8 rings (SSSR count). The molecule has 8 aromatic rings. The average molecular weight is 590 g/mol. The Bertz CT molecular complexity index is 2270. The van der Waals surface area contributed by atoms with E-state index in [2.05, 4.69) is 118 Å². The summed E-state index contributed by atoms with van der Waals surface area (Å²) in [7, 11) is 0. The first-order valence-corrected chi connectivity index (χ1v) is 15.1. The second-order valence-corrected chi connectivity index (χ2v) is 11.1. The van der Waals surface area contributed by atoms with E-state index in [1.165, 1.54) is 0 Å². The van der Waals surface area contributed by atoms with E-state index in [4.69, 9.17) is 9.97 Å². The Balaban J connectivity index is 1.32. The van der Waals surface area contributed by atoms with Gasteiger partial charge in [-0.2, -0.15) is 0 Å². The van der Waals surface area contributed by atoms with Crippen molar-refractivity contribution in [2.45, 2.75) is 0 Å². The van der Waals surface area contributed by atoms with Crippen LogP contribution in [0, 0.1) is 0 Å². The maximum absolute atomic E-state index is 5.21. The van der Waals surface area contributed by atoms with Gasteiger partial charge in [0.2, 0.25) is 0 Å². The lowest BCUT2D eigenvalue weighted by Gasteiger charge is -2.13. The molecule has 0 amide bonds. The van der Waals surface area contributed by atoms with Gasteiger partial charge in [0.15, 0.2) is 11.6 Å². The van der Waals surface area contributed by atoms with Gasteiger partial charge in [0, 0.05) is 46.9 Å². The fourth-order valence-electron chi connectivity index (χ4n) is 5.77. The molecule has 0 N–H and O–H groups in total. The molecular weight excluding hydrogens is 562 g/mol. The van der Waals surface area contributed by atoms with Crippen molar-refractivity contribution in [3.8, 4) is 67.4 Å². The topological polar surface area (TPSA) is 64.5 Å². The molecule has 0 bridgehead atoms. The number of hydrogen-bond donors (Lipinski definition) is 0. The number of fused-ring (bicyclic) bond motifs is 1. The third-order valence-corrected chi connectivity index (χ3v) is 8.08. The molecule has 3 heterocycles. The smallest absolute Gasteiger partial charge is 0.160 e. The van der Waals surface area contributed by atoms with Crippen molar-refractivity contribution < 1.29 is 0 Å². The van der Waals surface area contributed by atoms with Crippen LogP contribution < -0.4 is 0 Å². The Morgan fingerprint density at radius 2 is 0.935 bits per heavy atom. The highest BCUT2D eigenvalue weighted by Gasteiger charge is 2.16. The van der Waals surface area contributed by atoms with Crippen LogP contribution in [-0.4, -0.2) is 24.9 Å². The molecule has 0 unspecified atom stereocenters. The zero-order chi connectivity index (χ0) is 30.7. The van der Waals surface area contributed by atoms with Gasteiger partial charge in [-0.1, -0.05) is 97.1 Å². The van der Waals surface area contributed by atoms with Crippen LogP contribution in [0.5, 0.6) is 0 Å². The summed E-state index contributed by atoms with van der Waals surface area (Å²) in [5.74, 6) is 1.29. The van der Waals surface area contributed by atoms with Crippen LogP contribution in [0.4, 0.5) is 0 Å². The van der Waals surface area contributed by atoms with Crippen molar-refractivity contribution in [3.05, 3.63) is 164 Å². The first kappa shape index (κ1) is 27.2. The van der Waals surface area contributed by atoms with E-state index in [1.54, 1.807) is 18.6 Å². The molecule has 0 aliphatic rings. The Morgan fingerprint density at radius 1 is 0.348 bits per heavy atom. The molecule has 0 fully saturated rings. The molecule has 0 saturated heterocycles. The number of aromatic nitrogens is 5. The van der Waals surface area contributed by atoms with Gasteiger partial charge in [-0.3, -0.25) is 4.98 Å². The minimum atomic E-state index is 0.641. The molecule has 5 aromatic carbocycles. The molecular formula is C41H27N5. The molecule has 0 atom stereocenters. The third kappa shape index (κ3) is 5.42. The van der Waals surface area contributed by atoms with Crippen LogP contribution in [0.15, 0.2) is 164 Å². The van der Waals surface area contributed by atoms with Crippen molar-refractivity contribution in [2.75, 3.05) is 0 Å². The molecule has 0 saturated carbocycles. The first-order valence-electron chi connectivity index (χ1n) is 15.1. The molecule has 0 aliphatic carbocycles. The summed E-state index contributed by atoms with van der Waals surface area (Å²) in [6.07, 6.45) is 7.20. The normalized spacial score (nSPS) is 11.0. The first-order chi connectivity index (χ1) is 22.8. The van der Waals surface area contributed by atoms with Crippen molar-refractivity contribution in [1.29, 1.82) is 0 Å². The minimum Gasteiger partial charge on any atom is -0.264 e. The zero-order valence-corrected chi connectivity index (χ0v) is 24.8. The highest BCUT2D eigenvalue weighted by atomic mass is 14.9. The highest BCUT2D eigenvalue weighted by molar-refractivity contribution is 5.96. The van der Waals surface area contributed by atoms with Crippen LogP contribution in [0.2, 0.25) is 0 Å². The van der Waals surface area contributed by atoms with E-state index in [-0.39, 0.29) is 0 Å². The second-order valence-electron chi connectivity index (χ2n) is 11.1. The van der Waals surface area contributed by atoms with Crippen molar-refractivity contribution in [1.82, 2.24) is 24.9 Å². The fraction of sp³-hybridized carbons (Fsp3) is 0. The molecule has 0 aliphatic heterocycles. The highest BCUT2D eigenvalue weighted by Crippen LogP contribution is 2.35. The summed E-state index contributed by atoms with van der Waals surface area (Å²) in [5.41, 5.74) is 11.1. The van der Waals surface area contributed by atoms with Gasteiger partial charge in [0.1, 0.15) is 0 Å². The van der Waals surface area contributed by atoms with E-state index in [0.717, 1.165) is 66.7 Å². The van der Waals surface area contributed by atoms with Gasteiger partial charge < -0.3 is 0 Å². The molecule has 3 aromatic heterocycles. The van der Waals surface area contributed by atoms with E-state index < -0.39 is 0 Å². The van der Waals surface area contributed by atoms with Gasteiger partial charge in [0.05, 0.1) is 11.2 Å². The maximum atomic E-state index is 5.21. The van der Waals surface area contributed by atoms with E-state index in [9.17, 15) is 0 Å². The van der Waals surface area contributed by atoms with Crippen molar-refractivity contribution in [3.63, 3.8) is 0 Å². The monoisotopic (exact) mass is 589 g/mol. The van der Waals surface area contributed by atoms with Gasteiger partial charge >= 0.3 is 0 Å². The number of hydrogen-bond acceptors (Lipinski definition) is 5. The molecule has 0 spiro atoms. The van der Waals surface area contributed by atoms with Crippen LogP contribution in [0.3, 0.4) is 0 Å². The van der Waals surface area contributed by atoms with Gasteiger partial charge in [-0.25, -0.2) is 19.9 Å². The number of pyridine rings is 1. The molecule has 5 nitrogen and oxygen atoms in total. The minimum absolute atomic E-state index is 0.641. The van der Waals surface area contributed by atoms with Crippen LogP contribution in [-0.2, 0) is 0 Å². The van der Waals surface area contributed by atoms with Gasteiger partial charge in [-0.05, 0) is 75.8 Å². The summed E-state index contributed by atoms with van der Waals surface area (Å²) in [6.45, 7) is 0. The maximum Gasteiger partial charge on any atom is 0.160 e. The Labute approximate surface area is 267 Å². The summed E-state index contributed by atoms with van der Waals surface area (Å²) in [6, 6.07) is 47.9. The quantitative estimate of drug-likeness (QED) is 0.193. The van der Waals surface area contributed by atoms with E-state index in [0.29, 0.717) is 11.6 Å². The molecule has 46 heavy (non-hydrogen) atoms. The summed E-state index contributed by atoms with van der Waals surface area (Å²) in [4.78, 5) is 23.8. The van der Waals surface area contributed by atoms with Crippen LogP contribution in [0.1, 0.15) is 0 Å². The predicted octanol–water partition coefficient (Wildman–Crippen LogP) is 9.82. The number of nitrogens with zero attached hydrogens (tertiary/aromatic N) is 5. The lowest BCUT2D eigenvalue weighted by Crippen LogP contribution is -1.97. The standard InChI is InChI=1S/C41H27N5/c1-3-9-28(10-4-1)32-18-19-37-38(26-32)45-41(46-39(37)31-11-5-2-6-12-31)36-24-34(23-35(25-36)40-43-21-8-22-44-40)30-16-14-29(15-17-30)33-13-7-20-42-27-33/h1-27H. The van der Waals surface area contributed by atoms with Crippen LogP contribution >= 0.6 is 0 Å². The number of benzene rings is 5. The molecule has 5 heteroatoms. The molecule has 0 radical (unpaired) electrons. The Morgan fingerprint density at radius 3 is 1.63 bits per heavy atom. The van der Waals surface area contributed by atoms with Crippen LogP contribution in [0.25, 0.3) is 78.3 Å². The van der Waals surface area contributed by atoms with E-state index >= 15 is 0 Å². The predicted molar refractivity (Wildman–Crippen MR) is 186 cm³/mol. The summed E-state index contributed by atoms with van der Waals surface area (Å²) < 4.78 is 0. The van der Waals surface area contributed by atoms with Crippen molar-refractivity contribution >= 4 is 10.9 Å². The van der Waals surface area contributed by atoms with E-state index in [1.807, 2.05) is 42.6 Å². The zero-order valence-electron chi connectivity index (χ0n) is 24.8. The lowest BCUT2D eigenvalue weighted by atomic mass is 9.96. The van der Waals surface area contributed by atoms with Crippen molar-refractivity contribution in [2.24, 2.45) is 0 Å². The third-order valence-electron chi connectivity index (χ3n) is 8.08. The SMILES string of the molecule is c1ccc(-c2ccc3c(-c4ccccc4)nc(-c4cc(-c5ccc(-c6cccnc6)cc5)cc(-c5ncccn5)c4)nc3c2)cc1. The molecule has 216 valence electrons. The largest absolute Gasteiger partial charge is 0.264 e. The summed E-state index contributed by atoms with van der Waals surface area (Å²) in [5, 5.41) is 1.00. The lowest BCUT2D eigenvalue weighted by molar-refractivity contribution is 1.17. The second kappa shape index (κ2) is 12.0. The average Bonchev–Trinajstić information content (AvgIpc) is 3.15. The fourth-order valence-corrected chi connectivity index (χ4v) is 5.77. The van der Waals surface area contributed by atoms with Gasteiger partial charge in [0.25, 0.3) is 0 Å². The Hall–Kier alpha value is -6.33. The number of rotatable bonds is 6.